The lowest BCUT2D eigenvalue weighted by atomic mass is 10.3. The summed E-state index contributed by atoms with van der Waals surface area (Å²) in [6, 6.07) is 7.93. The molecule has 0 unspecified atom stereocenters. The first-order chi connectivity index (χ1) is 10.8. The number of nitrogens with zero attached hydrogens (tertiary/aromatic N) is 1. The van der Waals surface area contributed by atoms with Gasteiger partial charge in [-0.25, -0.2) is 9.78 Å². The molecule has 0 spiro atoms. The molecule has 0 amide bonds. The minimum atomic E-state index is -4.45. The number of ether oxygens (including phenoxy) is 2. The summed E-state index contributed by atoms with van der Waals surface area (Å²) >= 11 is 0. The van der Waals surface area contributed by atoms with Crippen LogP contribution in [-0.4, -0.2) is 22.2 Å². The Morgan fingerprint density at radius 3 is 2.22 bits per heavy atom. The zero-order valence-electron chi connectivity index (χ0n) is 11.9. The second kappa shape index (κ2) is 6.55. The van der Waals surface area contributed by atoms with E-state index in [2.05, 4.69) is 4.98 Å². The summed E-state index contributed by atoms with van der Waals surface area (Å²) in [5.74, 6) is -0.440. The number of halogens is 3. The number of carbonyl (C=O) groups is 1. The highest BCUT2D eigenvalue weighted by molar-refractivity contribution is 5.72. The van der Waals surface area contributed by atoms with Crippen LogP contribution < -0.4 is 9.47 Å². The lowest BCUT2D eigenvalue weighted by Gasteiger charge is -2.11. The molecule has 5 nitrogen and oxygen atoms in total. The van der Waals surface area contributed by atoms with Crippen LogP contribution in [0.1, 0.15) is 12.5 Å². The molecule has 23 heavy (non-hydrogen) atoms. The summed E-state index contributed by atoms with van der Waals surface area (Å²) in [5, 5.41) is 8.73. The molecule has 0 aliphatic carbocycles. The van der Waals surface area contributed by atoms with E-state index in [4.69, 9.17) is 14.6 Å². The van der Waals surface area contributed by atoms with Crippen molar-refractivity contribution in [3.8, 4) is 17.4 Å². The lowest BCUT2D eigenvalue weighted by molar-refractivity contribution is -0.144. The first-order valence-electron chi connectivity index (χ1n) is 6.46. The van der Waals surface area contributed by atoms with Crippen molar-refractivity contribution in [3.63, 3.8) is 0 Å². The number of aliphatic carboxylic acids is 1. The van der Waals surface area contributed by atoms with Gasteiger partial charge in [0.05, 0.1) is 5.56 Å². The molecule has 1 atom stereocenters. The number of hydrogen-bond acceptors (Lipinski definition) is 4. The summed E-state index contributed by atoms with van der Waals surface area (Å²) < 4.78 is 47.7. The Kier molecular flexibility index (Phi) is 4.73. The number of aromatic nitrogens is 1. The zero-order valence-corrected chi connectivity index (χ0v) is 11.9. The Hall–Kier alpha value is -2.77. The monoisotopic (exact) mass is 327 g/mol. The van der Waals surface area contributed by atoms with Gasteiger partial charge in [-0.1, -0.05) is 0 Å². The van der Waals surface area contributed by atoms with E-state index in [0.29, 0.717) is 17.7 Å². The first kappa shape index (κ1) is 16.6. The second-order valence-electron chi connectivity index (χ2n) is 4.55. The van der Waals surface area contributed by atoms with E-state index < -0.39 is 23.8 Å². The maximum atomic E-state index is 12.4. The van der Waals surface area contributed by atoms with Gasteiger partial charge in [-0.3, -0.25) is 0 Å². The van der Waals surface area contributed by atoms with Crippen molar-refractivity contribution in [2.45, 2.75) is 19.2 Å². The molecule has 0 saturated carbocycles. The third-order valence-corrected chi connectivity index (χ3v) is 2.77. The predicted molar refractivity (Wildman–Crippen MR) is 73.5 cm³/mol. The first-order valence-corrected chi connectivity index (χ1v) is 6.46. The molecule has 1 heterocycles. The van der Waals surface area contributed by atoms with Gasteiger partial charge in [-0.15, -0.1) is 0 Å². The van der Waals surface area contributed by atoms with Crippen molar-refractivity contribution in [1.82, 2.24) is 4.98 Å². The van der Waals surface area contributed by atoms with Crippen LogP contribution in [0.25, 0.3) is 0 Å². The Morgan fingerprint density at radius 2 is 1.74 bits per heavy atom. The highest BCUT2D eigenvalue weighted by Crippen LogP contribution is 2.30. The number of pyridine rings is 1. The standard InChI is InChI=1S/C15H12F3NO4/c1-9(14(20)21)22-11-3-5-12(6-4-11)23-13-7-2-10(8-19-13)15(16,17)18/h2-9H,1H3,(H,20,21)/t9-/m1/s1. The molecule has 0 fully saturated rings. The second-order valence-corrected chi connectivity index (χ2v) is 4.55. The third kappa shape index (κ3) is 4.60. The maximum absolute atomic E-state index is 12.4. The molecular formula is C15H12F3NO4. The highest BCUT2D eigenvalue weighted by atomic mass is 19.4. The van der Waals surface area contributed by atoms with Crippen LogP contribution in [0.5, 0.6) is 17.4 Å². The van der Waals surface area contributed by atoms with Crippen LogP contribution in [0.3, 0.4) is 0 Å². The fourth-order valence-electron chi connectivity index (χ4n) is 1.57. The van der Waals surface area contributed by atoms with Gasteiger partial charge in [0.25, 0.3) is 0 Å². The van der Waals surface area contributed by atoms with Crippen LogP contribution in [0.2, 0.25) is 0 Å². The van der Waals surface area contributed by atoms with Crippen LogP contribution >= 0.6 is 0 Å². The predicted octanol–water partition coefficient (Wildman–Crippen LogP) is 3.74. The van der Waals surface area contributed by atoms with E-state index in [-0.39, 0.29) is 5.88 Å². The number of benzene rings is 1. The Bertz CT molecular complexity index is 669. The van der Waals surface area contributed by atoms with Crippen molar-refractivity contribution >= 4 is 5.97 Å². The molecule has 0 aliphatic heterocycles. The van der Waals surface area contributed by atoms with E-state index in [9.17, 15) is 18.0 Å². The van der Waals surface area contributed by atoms with Crippen molar-refractivity contribution < 1.29 is 32.5 Å². The van der Waals surface area contributed by atoms with E-state index in [0.717, 1.165) is 12.1 Å². The Balaban J connectivity index is 2.02. The summed E-state index contributed by atoms with van der Waals surface area (Å²) in [6.07, 6.45) is -4.77. The smallest absolute Gasteiger partial charge is 0.417 e. The molecule has 0 bridgehead atoms. The van der Waals surface area contributed by atoms with Crippen molar-refractivity contribution in [1.29, 1.82) is 0 Å². The largest absolute Gasteiger partial charge is 0.479 e. The third-order valence-electron chi connectivity index (χ3n) is 2.77. The molecule has 1 aromatic carbocycles. The summed E-state index contributed by atoms with van der Waals surface area (Å²) in [6.45, 7) is 1.39. The van der Waals surface area contributed by atoms with Crippen LogP contribution in [0.15, 0.2) is 42.6 Å². The quantitative estimate of drug-likeness (QED) is 0.906. The number of carboxylic acids is 1. The van der Waals surface area contributed by atoms with E-state index in [1.54, 1.807) is 0 Å². The van der Waals surface area contributed by atoms with Crippen molar-refractivity contribution in [2.75, 3.05) is 0 Å². The number of alkyl halides is 3. The van der Waals surface area contributed by atoms with Gasteiger partial charge < -0.3 is 14.6 Å². The zero-order chi connectivity index (χ0) is 17.0. The van der Waals surface area contributed by atoms with E-state index >= 15 is 0 Å². The van der Waals surface area contributed by atoms with Gasteiger partial charge in [-0.05, 0) is 37.3 Å². The minimum Gasteiger partial charge on any atom is -0.479 e. The molecule has 122 valence electrons. The summed E-state index contributed by atoms with van der Waals surface area (Å²) in [5.41, 5.74) is -0.865. The fourth-order valence-corrected chi connectivity index (χ4v) is 1.57. The molecule has 8 heteroatoms. The Morgan fingerprint density at radius 1 is 1.13 bits per heavy atom. The average molecular weight is 327 g/mol. The molecule has 0 radical (unpaired) electrons. The number of hydrogen-bond donors (Lipinski definition) is 1. The summed E-state index contributed by atoms with van der Waals surface area (Å²) in [7, 11) is 0. The molecule has 0 aliphatic rings. The van der Waals surface area contributed by atoms with Gasteiger partial charge in [0.15, 0.2) is 6.10 Å². The maximum Gasteiger partial charge on any atom is 0.417 e. The topological polar surface area (TPSA) is 68.7 Å². The summed E-state index contributed by atoms with van der Waals surface area (Å²) in [4.78, 5) is 14.3. The SMILES string of the molecule is C[C@@H](Oc1ccc(Oc2ccc(C(F)(F)F)cn2)cc1)C(=O)O. The molecule has 2 rings (SSSR count). The van der Waals surface area contributed by atoms with Crippen molar-refractivity contribution in [2.24, 2.45) is 0 Å². The number of rotatable bonds is 5. The van der Waals surface area contributed by atoms with E-state index in [1.165, 1.54) is 31.2 Å². The van der Waals surface area contributed by atoms with Gasteiger partial charge >= 0.3 is 12.1 Å². The van der Waals surface area contributed by atoms with Crippen LogP contribution in [0.4, 0.5) is 13.2 Å². The van der Waals surface area contributed by atoms with Gasteiger partial charge in [0.1, 0.15) is 11.5 Å². The Labute approximate surface area is 129 Å². The molecule has 2 aromatic rings. The van der Waals surface area contributed by atoms with E-state index in [1.807, 2.05) is 0 Å². The van der Waals surface area contributed by atoms with Gasteiger partial charge in [-0.2, -0.15) is 13.2 Å². The fraction of sp³-hybridized carbons (Fsp3) is 0.200. The minimum absolute atomic E-state index is 0.00516. The molecule has 0 saturated heterocycles. The average Bonchev–Trinajstić information content (AvgIpc) is 2.49. The number of carboxylic acid groups (broad SMARTS) is 1. The van der Waals surface area contributed by atoms with Crippen LogP contribution in [0, 0.1) is 0 Å². The lowest BCUT2D eigenvalue weighted by Crippen LogP contribution is -2.22. The normalized spacial score (nSPS) is 12.5. The highest BCUT2D eigenvalue weighted by Gasteiger charge is 2.30. The van der Waals surface area contributed by atoms with Gasteiger partial charge in [0.2, 0.25) is 5.88 Å². The molecule has 1 aromatic heterocycles. The van der Waals surface area contributed by atoms with Crippen molar-refractivity contribution in [3.05, 3.63) is 48.2 Å². The van der Waals surface area contributed by atoms with Crippen LogP contribution in [-0.2, 0) is 11.0 Å². The molecule has 1 N–H and O–H groups in total. The van der Waals surface area contributed by atoms with Gasteiger partial charge in [0, 0.05) is 12.3 Å². The molecular weight excluding hydrogens is 315 g/mol.